The van der Waals surface area contributed by atoms with Crippen LogP contribution in [0.2, 0.25) is 36.8 Å². The van der Waals surface area contributed by atoms with Crippen molar-refractivity contribution in [2.45, 2.75) is 57.5 Å². The van der Waals surface area contributed by atoms with E-state index in [4.69, 9.17) is 4.43 Å². The van der Waals surface area contributed by atoms with Gasteiger partial charge in [-0.05, 0) is 18.1 Å². The highest BCUT2D eigenvalue weighted by Gasteiger charge is 2.41. The van der Waals surface area contributed by atoms with Crippen LogP contribution in [0, 0.1) is 0 Å². The molecule has 0 aliphatic carbocycles. The fourth-order valence-corrected chi connectivity index (χ4v) is 7.46. The number of benzene rings is 1. The van der Waals surface area contributed by atoms with Gasteiger partial charge in [0.2, 0.25) is 0 Å². The normalized spacial score (nSPS) is 14.6. The van der Waals surface area contributed by atoms with E-state index in [1.165, 1.54) is 10.8 Å². The van der Waals surface area contributed by atoms with Crippen LogP contribution >= 0.6 is 15.9 Å². The molecule has 0 N–H and O–H groups in total. The summed E-state index contributed by atoms with van der Waals surface area (Å²) in [5.74, 6) is 0. The molecule has 0 aromatic heterocycles. The van der Waals surface area contributed by atoms with Gasteiger partial charge < -0.3 is 4.43 Å². The largest absolute Gasteiger partial charge is 0.417 e. The minimum absolute atomic E-state index is 0.242. The SMILES string of the molecule is C=C(CBr)C(CO[Si](C)(C)C(C)(C)C)[Si](C)(C)c1ccccc1. The number of hydrogen-bond donors (Lipinski definition) is 0. The third-order valence-corrected chi connectivity index (χ3v) is 14.8. The summed E-state index contributed by atoms with van der Waals surface area (Å²) in [6.45, 7) is 21.6. The molecule has 0 saturated carbocycles. The Morgan fingerprint density at radius 3 is 2.09 bits per heavy atom. The molecule has 0 saturated heterocycles. The van der Waals surface area contributed by atoms with Gasteiger partial charge in [0.1, 0.15) is 0 Å². The summed E-state index contributed by atoms with van der Waals surface area (Å²) in [6.07, 6.45) is 0. The summed E-state index contributed by atoms with van der Waals surface area (Å²) in [6, 6.07) is 10.9. The zero-order chi connectivity index (χ0) is 17.9. The lowest BCUT2D eigenvalue weighted by Crippen LogP contribution is -2.50. The smallest absolute Gasteiger partial charge is 0.191 e. The van der Waals surface area contributed by atoms with Crippen molar-refractivity contribution in [1.29, 1.82) is 0 Å². The van der Waals surface area contributed by atoms with Gasteiger partial charge in [0.05, 0.1) is 8.07 Å². The van der Waals surface area contributed by atoms with Crippen molar-refractivity contribution in [3.8, 4) is 0 Å². The van der Waals surface area contributed by atoms with Crippen molar-refractivity contribution in [2.24, 2.45) is 0 Å². The van der Waals surface area contributed by atoms with Gasteiger partial charge in [-0.25, -0.2) is 0 Å². The Bertz CT molecular complexity index is 518. The second-order valence-corrected chi connectivity index (χ2v) is 18.6. The lowest BCUT2D eigenvalue weighted by molar-refractivity contribution is 0.290. The number of halogens is 1. The summed E-state index contributed by atoms with van der Waals surface area (Å²) < 4.78 is 6.58. The van der Waals surface area contributed by atoms with Gasteiger partial charge in [-0.1, -0.05) is 97.5 Å². The maximum Gasteiger partial charge on any atom is 0.191 e. The first-order chi connectivity index (χ1) is 10.4. The van der Waals surface area contributed by atoms with Gasteiger partial charge in [0.15, 0.2) is 8.32 Å². The molecule has 0 aliphatic rings. The van der Waals surface area contributed by atoms with Crippen molar-refractivity contribution < 1.29 is 4.43 Å². The third-order valence-electron chi connectivity index (χ3n) is 5.47. The van der Waals surface area contributed by atoms with Gasteiger partial charge in [0.25, 0.3) is 0 Å². The van der Waals surface area contributed by atoms with E-state index >= 15 is 0 Å². The Balaban J connectivity index is 3.05. The maximum atomic E-state index is 6.58. The molecule has 4 heteroatoms. The van der Waals surface area contributed by atoms with Crippen LogP contribution in [0.3, 0.4) is 0 Å². The molecule has 130 valence electrons. The standard InChI is InChI=1S/C19H33BrOSi2/c1-16(14-20)18(15-21-23(7,8)19(2,3)4)22(5,6)17-12-10-9-11-13-17/h9-13,18H,1,14-15H2,2-8H3. The molecule has 0 heterocycles. The van der Waals surface area contributed by atoms with Crippen LogP contribution in [-0.4, -0.2) is 28.3 Å². The van der Waals surface area contributed by atoms with Crippen LogP contribution in [0.1, 0.15) is 20.8 Å². The summed E-state index contributed by atoms with van der Waals surface area (Å²) in [5, 5.41) is 2.57. The van der Waals surface area contributed by atoms with Crippen molar-refractivity contribution >= 4 is 37.5 Å². The van der Waals surface area contributed by atoms with Crippen molar-refractivity contribution in [3.63, 3.8) is 0 Å². The highest BCUT2D eigenvalue weighted by Crippen LogP contribution is 2.39. The van der Waals surface area contributed by atoms with Crippen LogP contribution in [0.4, 0.5) is 0 Å². The second kappa shape index (κ2) is 7.81. The van der Waals surface area contributed by atoms with E-state index in [-0.39, 0.29) is 5.04 Å². The van der Waals surface area contributed by atoms with Crippen LogP contribution in [0.15, 0.2) is 42.5 Å². The molecule has 1 atom stereocenters. The highest BCUT2D eigenvalue weighted by molar-refractivity contribution is 9.09. The third kappa shape index (κ3) is 5.15. The van der Waals surface area contributed by atoms with E-state index in [0.717, 1.165) is 11.9 Å². The minimum atomic E-state index is -1.74. The van der Waals surface area contributed by atoms with Crippen molar-refractivity contribution in [2.75, 3.05) is 11.9 Å². The Morgan fingerprint density at radius 1 is 1.13 bits per heavy atom. The molecule has 0 spiro atoms. The molecular weight excluding hydrogens is 380 g/mol. The summed E-state index contributed by atoms with van der Waals surface area (Å²) in [4.78, 5) is 0. The van der Waals surface area contributed by atoms with Gasteiger partial charge in [-0.15, -0.1) is 0 Å². The number of alkyl halides is 1. The molecule has 1 rings (SSSR count). The Kier molecular flexibility index (Phi) is 7.09. The summed E-state index contributed by atoms with van der Waals surface area (Å²) in [7, 11) is -3.42. The maximum absolute atomic E-state index is 6.58. The van der Waals surface area contributed by atoms with Crippen LogP contribution < -0.4 is 5.19 Å². The quantitative estimate of drug-likeness (QED) is 0.305. The minimum Gasteiger partial charge on any atom is -0.417 e. The monoisotopic (exact) mass is 412 g/mol. The molecule has 23 heavy (non-hydrogen) atoms. The zero-order valence-corrected chi connectivity index (χ0v) is 19.5. The van der Waals surface area contributed by atoms with E-state index < -0.39 is 16.4 Å². The lowest BCUT2D eigenvalue weighted by Gasteiger charge is -2.40. The molecule has 1 aromatic carbocycles. The molecule has 0 bridgehead atoms. The van der Waals surface area contributed by atoms with E-state index in [1.54, 1.807) is 0 Å². The predicted octanol–water partition coefficient (Wildman–Crippen LogP) is 5.95. The van der Waals surface area contributed by atoms with E-state index in [1.807, 2.05) is 0 Å². The van der Waals surface area contributed by atoms with Crippen LogP contribution in [-0.2, 0) is 4.43 Å². The second-order valence-electron chi connectivity index (χ2n) is 8.50. The lowest BCUT2D eigenvalue weighted by atomic mass is 10.2. The predicted molar refractivity (Wildman–Crippen MR) is 113 cm³/mol. The van der Waals surface area contributed by atoms with E-state index in [2.05, 4.69) is 99.8 Å². The highest BCUT2D eigenvalue weighted by atomic mass is 79.9. The number of rotatable bonds is 7. The first kappa shape index (κ1) is 20.9. The Labute approximate surface area is 153 Å². The summed E-state index contributed by atoms with van der Waals surface area (Å²) in [5.41, 5.74) is 1.70. The Hall–Kier alpha value is -0.166. The average Bonchev–Trinajstić information content (AvgIpc) is 2.46. The Morgan fingerprint density at radius 2 is 1.65 bits per heavy atom. The van der Waals surface area contributed by atoms with Crippen molar-refractivity contribution in [3.05, 3.63) is 42.5 Å². The number of hydrogen-bond acceptors (Lipinski definition) is 1. The van der Waals surface area contributed by atoms with Gasteiger partial charge in [-0.2, -0.15) is 0 Å². The van der Waals surface area contributed by atoms with Crippen molar-refractivity contribution in [1.82, 2.24) is 0 Å². The van der Waals surface area contributed by atoms with Gasteiger partial charge >= 0.3 is 0 Å². The fraction of sp³-hybridized carbons (Fsp3) is 0.579. The fourth-order valence-electron chi connectivity index (χ4n) is 2.51. The molecular formula is C19H33BrOSi2. The van der Waals surface area contributed by atoms with Gasteiger partial charge in [-0.3, -0.25) is 0 Å². The average molecular weight is 414 g/mol. The van der Waals surface area contributed by atoms with Crippen LogP contribution in [0.25, 0.3) is 0 Å². The van der Waals surface area contributed by atoms with E-state index in [0.29, 0.717) is 5.54 Å². The van der Waals surface area contributed by atoms with Gasteiger partial charge in [0, 0.05) is 17.5 Å². The molecule has 0 fully saturated rings. The summed E-state index contributed by atoms with van der Waals surface area (Å²) >= 11 is 3.62. The first-order valence-electron chi connectivity index (χ1n) is 8.36. The molecule has 1 nitrogen and oxygen atoms in total. The molecule has 0 aliphatic heterocycles. The molecule has 1 aromatic rings. The van der Waals surface area contributed by atoms with Crippen LogP contribution in [0.5, 0.6) is 0 Å². The molecule has 0 radical (unpaired) electrons. The first-order valence-corrected chi connectivity index (χ1v) is 15.5. The zero-order valence-electron chi connectivity index (χ0n) is 15.9. The van der Waals surface area contributed by atoms with E-state index in [9.17, 15) is 0 Å². The molecule has 0 amide bonds. The topological polar surface area (TPSA) is 9.23 Å². The molecule has 1 unspecified atom stereocenters.